The van der Waals surface area contributed by atoms with E-state index < -0.39 is 17.8 Å². The summed E-state index contributed by atoms with van der Waals surface area (Å²) in [7, 11) is 0. The summed E-state index contributed by atoms with van der Waals surface area (Å²) in [6.45, 7) is 14.8. The minimum Gasteiger partial charge on any atom is -0.392 e. The summed E-state index contributed by atoms with van der Waals surface area (Å²) >= 11 is 0. The van der Waals surface area contributed by atoms with Crippen LogP contribution in [-0.4, -0.2) is 33.1 Å². The van der Waals surface area contributed by atoms with E-state index in [4.69, 9.17) is 0 Å². The van der Waals surface area contributed by atoms with Crippen LogP contribution in [0.2, 0.25) is 0 Å². The van der Waals surface area contributed by atoms with E-state index >= 15 is 0 Å². The molecular formula is C28H46O3. The second-order valence-electron chi connectivity index (χ2n) is 11.8. The molecule has 0 aromatic heterocycles. The Bertz CT molecular complexity index is 712. The summed E-state index contributed by atoms with van der Waals surface area (Å²) in [5.41, 5.74) is 3.15. The van der Waals surface area contributed by atoms with Gasteiger partial charge in [-0.1, -0.05) is 57.9 Å². The summed E-state index contributed by atoms with van der Waals surface area (Å²) in [5.74, 6) is 1.94. The number of allylic oxidation sites excluding steroid dienone is 3. The zero-order valence-electron chi connectivity index (χ0n) is 20.5. The van der Waals surface area contributed by atoms with Gasteiger partial charge in [0.15, 0.2) is 0 Å². The van der Waals surface area contributed by atoms with Crippen molar-refractivity contribution in [2.24, 2.45) is 29.1 Å². The quantitative estimate of drug-likeness (QED) is 0.488. The molecule has 0 radical (unpaired) electrons. The second-order valence-corrected chi connectivity index (χ2v) is 11.8. The van der Waals surface area contributed by atoms with Gasteiger partial charge in [-0.05, 0) is 93.1 Å². The van der Waals surface area contributed by atoms with Crippen LogP contribution in [0.1, 0.15) is 92.4 Å². The van der Waals surface area contributed by atoms with Crippen molar-refractivity contribution in [2.45, 2.75) is 110 Å². The van der Waals surface area contributed by atoms with Crippen LogP contribution in [0.3, 0.4) is 0 Å². The molecule has 0 unspecified atom stereocenters. The molecule has 176 valence electrons. The molecule has 3 nitrogen and oxygen atoms in total. The van der Waals surface area contributed by atoms with Gasteiger partial charge in [0.2, 0.25) is 0 Å². The predicted octanol–water partition coefficient (Wildman–Crippen LogP) is 5.95. The molecule has 3 fully saturated rings. The fraction of sp³-hybridized carbons (Fsp3) is 0.786. The molecule has 3 heteroatoms. The highest BCUT2D eigenvalue weighted by Crippen LogP contribution is 2.60. The lowest BCUT2D eigenvalue weighted by molar-refractivity contribution is 0.0283. The summed E-state index contributed by atoms with van der Waals surface area (Å²) < 4.78 is 0. The first-order valence-corrected chi connectivity index (χ1v) is 12.6. The van der Waals surface area contributed by atoms with E-state index in [1.54, 1.807) is 5.57 Å². The highest BCUT2D eigenvalue weighted by Gasteiger charge is 2.50. The summed E-state index contributed by atoms with van der Waals surface area (Å²) in [4.78, 5) is 0. The van der Waals surface area contributed by atoms with Crippen LogP contribution in [-0.2, 0) is 0 Å². The third-order valence-corrected chi connectivity index (χ3v) is 8.97. The SMILES string of the molecule is C=C1/C(=C\C=C2/CCC[C@@]3(C)[C@@H]2CC[C@@H]3[C@H](C)CCCC(C)(C)O)C[C@@H](O)[C@H](C)[C@@H]1O. The molecule has 0 bridgehead atoms. The number of aliphatic hydroxyl groups excluding tert-OH is 2. The largest absolute Gasteiger partial charge is 0.392 e. The van der Waals surface area contributed by atoms with Gasteiger partial charge in [0.05, 0.1) is 17.8 Å². The average Bonchev–Trinajstić information content (AvgIpc) is 3.04. The number of hydrogen-bond donors (Lipinski definition) is 3. The topological polar surface area (TPSA) is 60.7 Å². The van der Waals surface area contributed by atoms with Crippen molar-refractivity contribution >= 4 is 0 Å². The molecule has 0 heterocycles. The van der Waals surface area contributed by atoms with E-state index in [1.807, 2.05) is 20.8 Å². The fourth-order valence-corrected chi connectivity index (χ4v) is 6.91. The fourth-order valence-electron chi connectivity index (χ4n) is 6.91. The first-order valence-electron chi connectivity index (χ1n) is 12.6. The highest BCUT2D eigenvalue weighted by atomic mass is 16.3. The van der Waals surface area contributed by atoms with E-state index in [9.17, 15) is 15.3 Å². The molecule has 3 rings (SSSR count). The third-order valence-electron chi connectivity index (χ3n) is 8.97. The van der Waals surface area contributed by atoms with Crippen molar-refractivity contribution in [1.29, 1.82) is 0 Å². The van der Waals surface area contributed by atoms with Crippen LogP contribution in [0.25, 0.3) is 0 Å². The smallest absolute Gasteiger partial charge is 0.0837 e. The van der Waals surface area contributed by atoms with Gasteiger partial charge in [-0.15, -0.1) is 0 Å². The van der Waals surface area contributed by atoms with E-state index in [1.165, 1.54) is 32.1 Å². The second kappa shape index (κ2) is 9.53. The van der Waals surface area contributed by atoms with Crippen LogP contribution in [0.4, 0.5) is 0 Å². The average molecular weight is 431 g/mol. The Labute approximate surface area is 190 Å². The van der Waals surface area contributed by atoms with Gasteiger partial charge in [0.25, 0.3) is 0 Å². The Morgan fingerprint density at radius 3 is 2.61 bits per heavy atom. The molecule has 0 aliphatic heterocycles. The predicted molar refractivity (Wildman–Crippen MR) is 129 cm³/mol. The number of fused-ring (bicyclic) bond motifs is 1. The number of rotatable bonds is 6. The molecule has 0 spiro atoms. The maximum atomic E-state index is 10.4. The van der Waals surface area contributed by atoms with E-state index in [2.05, 4.69) is 32.6 Å². The summed E-state index contributed by atoms with van der Waals surface area (Å²) in [6.07, 6.45) is 13.4. The van der Waals surface area contributed by atoms with Crippen molar-refractivity contribution in [2.75, 3.05) is 0 Å². The summed E-state index contributed by atoms with van der Waals surface area (Å²) in [6, 6.07) is 0. The standard InChI is InChI=1S/C28H46O3/c1-18(9-7-15-27(4,5)31)23-13-14-24-21(10-8-16-28(23,24)6)11-12-22-17-25(29)20(3)26(30)19(22)2/h11-12,18,20,23-26,29-31H,2,7-10,13-17H2,1,3-6H3/b21-11+,22-12-/t18-,20+,23-,24-,25-,26-,28-/m1/s1. The Hall–Kier alpha value is -0.900. The highest BCUT2D eigenvalue weighted by molar-refractivity contribution is 5.39. The Morgan fingerprint density at radius 2 is 1.94 bits per heavy atom. The van der Waals surface area contributed by atoms with Crippen molar-refractivity contribution in [3.63, 3.8) is 0 Å². The molecule has 3 aliphatic rings. The zero-order chi connectivity index (χ0) is 23.0. The lowest BCUT2D eigenvalue weighted by atomic mass is 9.60. The minimum absolute atomic E-state index is 0.149. The van der Waals surface area contributed by atoms with Gasteiger partial charge >= 0.3 is 0 Å². The lowest BCUT2D eigenvalue weighted by Gasteiger charge is -2.44. The lowest BCUT2D eigenvalue weighted by Crippen LogP contribution is -2.36. The van der Waals surface area contributed by atoms with E-state index in [0.29, 0.717) is 23.7 Å². The first kappa shape index (κ1) is 24.7. The molecule has 3 N–H and O–H groups in total. The number of aliphatic hydroxyl groups is 3. The van der Waals surface area contributed by atoms with Gasteiger partial charge < -0.3 is 15.3 Å². The molecule has 31 heavy (non-hydrogen) atoms. The molecule has 3 saturated carbocycles. The molecular weight excluding hydrogens is 384 g/mol. The van der Waals surface area contributed by atoms with Crippen LogP contribution in [0, 0.1) is 29.1 Å². The molecule has 0 aromatic rings. The van der Waals surface area contributed by atoms with Gasteiger partial charge in [0.1, 0.15) is 0 Å². The Morgan fingerprint density at radius 1 is 1.23 bits per heavy atom. The Kier molecular flexibility index (Phi) is 7.61. The summed E-state index contributed by atoms with van der Waals surface area (Å²) in [5, 5.41) is 30.7. The van der Waals surface area contributed by atoms with Gasteiger partial charge in [-0.3, -0.25) is 0 Å². The minimum atomic E-state index is -0.648. The van der Waals surface area contributed by atoms with Crippen LogP contribution < -0.4 is 0 Å². The molecule has 0 amide bonds. The third kappa shape index (κ3) is 5.37. The number of hydrogen-bond acceptors (Lipinski definition) is 3. The zero-order valence-corrected chi connectivity index (χ0v) is 20.5. The van der Waals surface area contributed by atoms with E-state index in [0.717, 1.165) is 36.3 Å². The Balaban J connectivity index is 1.71. The van der Waals surface area contributed by atoms with Crippen molar-refractivity contribution < 1.29 is 15.3 Å². The monoisotopic (exact) mass is 430 g/mol. The van der Waals surface area contributed by atoms with Gasteiger partial charge in [-0.25, -0.2) is 0 Å². The van der Waals surface area contributed by atoms with Crippen LogP contribution in [0.5, 0.6) is 0 Å². The normalized spacial score (nSPS) is 40.4. The van der Waals surface area contributed by atoms with E-state index in [-0.39, 0.29) is 5.92 Å². The molecule has 0 aromatic carbocycles. The van der Waals surface area contributed by atoms with Gasteiger partial charge in [0, 0.05) is 5.92 Å². The van der Waals surface area contributed by atoms with Crippen molar-refractivity contribution in [1.82, 2.24) is 0 Å². The van der Waals surface area contributed by atoms with Crippen LogP contribution >= 0.6 is 0 Å². The molecule has 0 saturated heterocycles. The maximum absolute atomic E-state index is 10.4. The van der Waals surface area contributed by atoms with Gasteiger partial charge in [-0.2, -0.15) is 0 Å². The van der Waals surface area contributed by atoms with Crippen LogP contribution in [0.15, 0.2) is 35.5 Å². The molecule has 3 aliphatic carbocycles. The first-order chi connectivity index (χ1) is 14.4. The maximum Gasteiger partial charge on any atom is 0.0837 e. The molecule has 7 atom stereocenters. The van der Waals surface area contributed by atoms with Crippen molar-refractivity contribution in [3.8, 4) is 0 Å². The van der Waals surface area contributed by atoms with Crippen molar-refractivity contribution in [3.05, 3.63) is 35.5 Å².